The van der Waals surface area contributed by atoms with Crippen LogP contribution in [-0.2, 0) is 11.2 Å². The number of hydrogen-bond donors (Lipinski definition) is 1. The van der Waals surface area contributed by atoms with Gasteiger partial charge in [0.25, 0.3) is 0 Å². The smallest absolute Gasteiger partial charge is 0.311 e. The molecule has 12 heavy (non-hydrogen) atoms. The van der Waals surface area contributed by atoms with Crippen molar-refractivity contribution in [3.63, 3.8) is 0 Å². The lowest BCUT2D eigenvalue weighted by molar-refractivity contribution is -0.139. The van der Waals surface area contributed by atoms with E-state index in [4.69, 9.17) is 9.63 Å². The van der Waals surface area contributed by atoms with Gasteiger partial charge in [0.2, 0.25) is 0 Å². The van der Waals surface area contributed by atoms with Crippen LogP contribution in [0.4, 0.5) is 0 Å². The third-order valence-corrected chi connectivity index (χ3v) is 2.35. The fraction of sp³-hybridized carbons (Fsp3) is 0.500. The predicted octanol–water partition coefficient (Wildman–Crippen LogP) is 1.03. The van der Waals surface area contributed by atoms with E-state index in [-0.39, 0.29) is 5.92 Å². The van der Waals surface area contributed by atoms with E-state index in [0.717, 1.165) is 11.3 Å². The fourth-order valence-electron chi connectivity index (χ4n) is 1.77. The maximum Gasteiger partial charge on any atom is 0.311 e. The van der Waals surface area contributed by atoms with Gasteiger partial charge in [0.15, 0.2) is 0 Å². The molecule has 1 heterocycles. The van der Waals surface area contributed by atoms with E-state index in [1.54, 1.807) is 0 Å². The molecule has 1 aliphatic rings. The summed E-state index contributed by atoms with van der Waals surface area (Å²) in [4.78, 5) is 10.8. The molecule has 0 amide bonds. The molecule has 1 aliphatic carbocycles. The number of carboxylic acid groups (broad SMARTS) is 1. The SMILES string of the molecule is CC1Cc2oncc2C1C(=O)O. The van der Waals surface area contributed by atoms with Crippen LogP contribution in [0.3, 0.4) is 0 Å². The predicted molar refractivity (Wildman–Crippen MR) is 39.7 cm³/mol. The molecule has 0 aromatic carbocycles. The Bertz CT molecular complexity index is 318. The van der Waals surface area contributed by atoms with E-state index in [0.29, 0.717) is 6.42 Å². The molecule has 2 unspecified atom stereocenters. The maximum atomic E-state index is 10.8. The Labute approximate surface area is 69.2 Å². The number of nitrogens with zero attached hydrogens (tertiary/aromatic N) is 1. The van der Waals surface area contributed by atoms with Crippen LogP contribution in [0.15, 0.2) is 10.7 Å². The van der Waals surface area contributed by atoms with Gasteiger partial charge in [-0.3, -0.25) is 4.79 Å². The minimum absolute atomic E-state index is 0.124. The third-order valence-electron chi connectivity index (χ3n) is 2.35. The van der Waals surface area contributed by atoms with E-state index in [9.17, 15) is 4.79 Å². The van der Waals surface area contributed by atoms with Crippen molar-refractivity contribution in [3.05, 3.63) is 17.5 Å². The molecule has 1 N–H and O–H groups in total. The van der Waals surface area contributed by atoms with Crippen molar-refractivity contribution in [3.8, 4) is 0 Å². The van der Waals surface area contributed by atoms with Crippen LogP contribution in [0.5, 0.6) is 0 Å². The van der Waals surface area contributed by atoms with Crippen LogP contribution in [0.1, 0.15) is 24.2 Å². The molecular formula is C8H9NO3. The number of carbonyl (C=O) groups is 1. The number of aliphatic carboxylic acids is 1. The highest BCUT2D eigenvalue weighted by Gasteiger charge is 2.37. The first-order valence-corrected chi connectivity index (χ1v) is 3.86. The van der Waals surface area contributed by atoms with Crippen molar-refractivity contribution in [2.45, 2.75) is 19.3 Å². The second kappa shape index (κ2) is 2.33. The van der Waals surface area contributed by atoms with Gasteiger partial charge in [-0.1, -0.05) is 12.1 Å². The van der Waals surface area contributed by atoms with E-state index < -0.39 is 11.9 Å². The van der Waals surface area contributed by atoms with Crippen molar-refractivity contribution < 1.29 is 14.4 Å². The van der Waals surface area contributed by atoms with E-state index in [1.165, 1.54) is 6.20 Å². The summed E-state index contributed by atoms with van der Waals surface area (Å²) >= 11 is 0. The van der Waals surface area contributed by atoms with Crippen molar-refractivity contribution in [1.29, 1.82) is 0 Å². The molecule has 0 saturated heterocycles. The Morgan fingerprint density at radius 1 is 1.83 bits per heavy atom. The topological polar surface area (TPSA) is 63.3 Å². The van der Waals surface area contributed by atoms with E-state index in [2.05, 4.69) is 5.16 Å². The highest BCUT2D eigenvalue weighted by molar-refractivity contribution is 5.77. The molecule has 0 saturated carbocycles. The summed E-state index contributed by atoms with van der Waals surface area (Å²) in [6.45, 7) is 1.91. The molecule has 2 atom stereocenters. The first-order valence-electron chi connectivity index (χ1n) is 3.86. The quantitative estimate of drug-likeness (QED) is 0.678. The summed E-state index contributed by atoms with van der Waals surface area (Å²) in [5, 5.41) is 12.5. The highest BCUT2D eigenvalue weighted by Crippen LogP contribution is 2.37. The van der Waals surface area contributed by atoms with Crippen LogP contribution in [0, 0.1) is 5.92 Å². The van der Waals surface area contributed by atoms with Crippen LogP contribution in [-0.4, -0.2) is 16.2 Å². The molecule has 0 spiro atoms. The van der Waals surface area contributed by atoms with Crippen molar-refractivity contribution >= 4 is 5.97 Å². The molecule has 1 aromatic rings. The molecule has 0 bridgehead atoms. The summed E-state index contributed by atoms with van der Waals surface area (Å²) in [6.07, 6.45) is 2.20. The maximum absolute atomic E-state index is 10.8. The summed E-state index contributed by atoms with van der Waals surface area (Å²) in [5.74, 6) is -0.357. The lowest BCUT2D eigenvalue weighted by Gasteiger charge is -2.08. The Hall–Kier alpha value is -1.32. The largest absolute Gasteiger partial charge is 0.481 e. The second-order valence-corrected chi connectivity index (χ2v) is 3.20. The summed E-state index contributed by atoms with van der Waals surface area (Å²) in [6, 6.07) is 0. The zero-order chi connectivity index (χ0) is 8.72. The van der Waals surface area contributed by atoms with E-state index >= 15 is 0 Å². The van der Waals surface area contributed by atoms with Crippen LogP contribution < -0.4 is 0 Å². The number of carboxylic acids is 1. The Morgan fingerprint density at radius 2 is 2.58 bits per heavy atom. The van der Waals surface area contributed by atoms with E-state index in [1.807, 2.05) is 6.92 Å². The molecule has 0 fully saturated rings. The van der Waals surface area contributed by atoms with Gasteiger partial charge in [-0.2, -0.15) is 0 Å². The van der Waals surface area contributed by atoms with Gasteiger partial charge in [0.1, 0.15) is 5.76 Å². The minimum Gasteiger partial charge on any atom is -0.481 e. The molecule has 64 valence electrons. The Balaban J connectivity index is 2.41. The van der Waals surface area contributed by atoms with Crippen LogP contribution >= 0.6 is 0 Å². The molecule has 0 radical (unpaired) electrons. The molecular weight excluding hydrogens is 158 g/mol. The van der Waals surface area contributed by atoms with Gasteiger partial charge in [-0.15, -0.1) is 0 Å². The average molecular weight is 167 g/mol. The first-order chi connectivity index (χ1) is 5.70. The normalized spacial score (nSPS) is 27.1. The lowest BCUT2D eigenvalue weighted by atomic mass is 9.95. The standard InChI is InChI=1S/C8H9NO3/c1-4-2-6-5(3-9-12-6)7(4)8(10)11/h3-4,7H,2H2,1H3,(H,10,11). The van der Waals surface area contributed by atoms with Gasteiger partial charge < -0.3 is 9.63 Å². The monoisotopic (exact) mass is 167 g/mol. The van der Waals surface area contributed by atoms with Crippen LogP contribution in [0.2, 0.25) is 0 Å². The first kappa shape index (κ1) is 7.34. The summed E-state index contributed by atoms with van der Waals surface area (Å²) < 4.78 is 4.91. The van der Waals surface area contributed by atoms with Crippen LogP contribution in [0.25, 0.3) is 0 Å². The second-order valence-electron chi connectivity index (χ2n) is 3.20. The van der Waals surface area contributed by atoms with Crippen molar-refractivity contribution in [1.82, 2.24) is 5.16 Å². The minimum atomic E-state index is -0.788. The highest BCUT2D eigenvalue weighted by atomic mass is 16.5. The average Bonchev–Trinajstić information content (AvgIpc) is 2.44. The zero-order valence-electron chi connectivity index (χ0n) is 6.65. The van der Waals surface area contributed by atoms with Gasteiger partial charge in [-0.05, 0) is 5.92 Å². The van der Waals surface area contributed by atoms with Gasteiger partial charge in [0.05, 0.1) is 12.1 Å². The molecule has 2 rings (SSSR count). The number of fused-ring (bicyclic) bond motifs is 1. The molecule has 1 aromatic heterocycles. The number of hydrogen-bond acceptors (Lipinski definition) is 3. The molecule has 4 heteroatoms. The molecule has 0 aliphatic heterocycles. The summed E-state index contributed by atoms with van der Waals surface area (Å²) in [7, 11) is 0. The Kier molecular flexibility index (Phi) is 1.43. The van der Waals surface area contributed by atoms with Gasteiger partial charge >= 0.3 is 5.97 Å². The van der Waals surface area contributed by atoms with Gasteiger partial charge in [-0.25, -0.2) is 0 Å². The van der Waals surface area contributed by atoms with Crippen molar-refractivity contribution in [2.24, 2.45) is 5.92 Å². The summed E-state index contributed by atoms with van der Waals surface area (Å²) in [5.41, 5.74) is 0.745. The number of aromatic nitrogens is 1. The lowest BCUT2D eigenvalue weighted by Crippen LogP contribution is -2.14. The number of rotatable bonds is 1. The zero-order valence-corrected chi connectivity index (χ0v) is 6.65. The third kappa shape index (κ3) is 0.841. The fourth-order valence-corrected chi connectivity index (χ4v) is 1.77. The van der Waals surface area contributed by atoms with Gasteiger partial charge in [0, 0.05) is 12.0 Å². The van der Waals surface area contributed by atoms with Crippen molar-refractivity contribution in [2.75, 3.05) is 0 Å². The Morgan fingerprint density at radius 3 is 3.25 bits per heavy atom. The molecule has 4 nitrogen and oxygen atoms in total.